The first-order valence-corrected chi connectivity index (χ1v) is 6.71. The fourth-order valence-electron chi connectivity index (χ4n) is 2.30. The van der Waals surface area contributed by atoms with E-state index in [2.05, 4.69) is 19.9 Å². The predicted octanol–water partition coefficient (Wildman–Crippen LogP) is 3.83. The number of aromatic nitrogens is 3. The molecule has 0 aliphatic heterocycles. The highest BCUT2D eigenvalue weighted by molar-refractivity contribution is 5.85. The van der Waals surface area contributed by atoms with Crippen molar-refractivity contribution in [3.63, 3.8) is 0 Å². The first kappa shape index (κ1) is 17.0. The zero-order valence-electron chi connectivity index (χ0n) is 12.1. The van der Waals surface area contributed by atoms with Crippen molar-refractivity contribution in [3.05, 3.63) is 46.6 Å². The smallest absolute Gasteiger partial charge is 0.396 e. The van der Waals surface area contributed by atoms with Gasteiger partial charge in [0.25, 0.3) is 0 Å². The summed E-state index contributed by atoms with van der Waals surface area (Å²) in [5, 5.41) is 6.64. The highest BCUT2D eigenvalue weighted by Crippen LogP contribution is 2.37. The van der Waals surface area contributed by atoms with E-state index in [0.29, 0.717) is 0 Å². The van der Waals surface area contributed by atoms with Gasteiger partial charge in [0.05, 0.1) is 11.3 Å². The van der Waals surface area contributed by atoms with Crippen LogP contribution in [0, 0.1) is 0 Å². The molecule has 0 bridgehead atoms. The number of benzene rings is 1. The molecule has 3 rings (SSSR count). The monoisotopic (exact) mass is 362 g/mol. The van der Waals surface area contributed by atoms with Crippen LogP contribution in [0.1, 0.15) is 22.4 Å². The van der Waals surface area contributed by atoms with Crippen molar-refractivity contribution in [2.75, 3.05) is 5.73 Å². The summed E-state index contributed by atoms with van der Waals surface area (Å²) < 4.78 is 81.8. The molecule has 0 spiro atoms. The van der Waals surface area contributed by atoms with E-state index < -0.39 is 34.8 Å². The maximum Gasteiger partial charge on any atom is 0.433 e. The Morgan fingerprint density at radius 3 is 2.12 bits per heavy atom. The van der Waals surface area contributed by atoms with E-state index in [4.69, 9.17) is 5.73 Å². The molecular formula is C14H8F6N4O. The van der Waals surface area contributed by atoms with E-state index in [9.17, 15) is 26.3 Å². The molecule has 0 amide bonds. The lowest BCUT2D eigenvalue weighted by Gasteiger charge is -2.14. The molecule has 0 aliphatic rings. The van der Waals surface area contributed by atoms with Crippen molar-refractivity contribution in [1.29, 1.82) is 0 Å². The van der Waals surface area contributed by atoms with E-state index >= 15 is 0 Å². The third kappa shape index (κ3) is 3.21. The van der Waals surface area contributed by atoms with Gasteiger partial charge in [0.2, 0.25) is 5.65 Å². The fraction of sp³-hybridized carbons (Fsp3) is 0.214. The second-order valence-corrected chi connectivity index (χ2v) is 5.16. The maximum atomic E-state index is 13.2. The second kappa shape index (κ2) is 5.60. The fourth-order valence-corrected chi connectivity index (χ4v) is 2.30. The molecule has 0 radical (unpaired) electrons. The molecule has 0 saturated heterocycles. The van der Waals surface area contributed by atoms with Gasteiger partial charge in [0, 0.05) is 12.0 Å². The Labute approximate surface area is 135 Å². The molecule has 2 heterocycles. The van der Waals surface area contributed by atoms with Crippen molar-refractivity contribution in [2.45, 2.75) is 18.8 Å². The molecule has 132 valence electrons. The third-order valence-electron chi connectivity index (χ3n) is 3.49. The molecule has 3 aromatic rings. The predicted molar refractivity (Wildman–Crippen MR) is 73.3 cm³/mol. The van der Waals surface area contributed by atoms with Gasteiger partial charge in [-0.2, -0.15) is 26.3 Å². The number of hydrogen-bond donors (Lipinski definition) is 1. The summed E-state index contributed by atoms with van der Waals surface area (Å²) >= 11 is 0. The molecule has 0 saturated carbocycles. The summed E-state index contributed by atoms with van der Waals surface area (Å²) in [6, 6.07) is 3.71. The van der Waals surface area contributed by atoms with Crippen LogP contribution in [0.15, 0.2) is 28.9 Å². The number of nitrogens with two attached hydrogens (primary N) is 1. The molecule has 11 heteroatoms. The molecule has 0 fully saturated rings. The first-order valence-electron chi connectivity index (χ1n) is 6.71. The van der Waals surface area contributed by atoms with Gasteiger partial charge in [0.1, 0.15) is 0 Å². The minimum Gasteiger partial charge on any atom is -0.396 e. The van der Waals surface area contributed by atoms with Crippen LogP contribution in [-0.4, -0.2) is 15.3 Å². The van der Waals surface area contributed by atoms with Crippen molar-refractivity contribution >= 4 is 16.9 Å². The van der Waals surface area contributed by atoms with Gasteiger partial charge in [-0.3, -0.25) is 0 Å². The Bertz CT molecular complexity index is 914. The van der Waals surface area contributed by atoms with Crippen LogP contribution in [0.2, 0.25) is 0 Å². The minimum atomic E-state index is -4.83. The zero-order valence-corrected chi connectivity index (χ0v) is 12.1. The highest BCUT2D eigenvalue weighted by Gasteiger charge is 2.38. The van der Waals surface area contributed by atoms with Crippen LogP contribution in [-0.2, 0) is 18.8 Å². The molecule has 1 aromatic carbocycles. The zero-order chi connectivity index (χ0) is 18.4. The third-order valence-corrected chi connectivity index (χ3v) is 3.49. The summed E-state index contributed by atoms with van der Waals surface area (Å²) in [5.74, 6) is 0. The van der Waals surface area contributed by atoms with Gasteiger partial charge in [0.15, 0.2) is 11.2 Å². The van der Waals surface area contributed by atoms with Crippen LogP contribution in [0.25, 0.3) is 11.2 Å². The Balaban J connectivity index is 2.07. The molecular weight excluding hydrogens is 354 g/mol. The van der Waals surface area contributed by atoms with Gasteiger partial charge in [-0.05, 0) is 28.0 Å². The number of pyridine rings is 1. The number of nitrogens with zero attached hydrogens (tertiary/aromatic N) is 3. The van der Waals surface area contributed by atoms with E-state index in [1.807, 2.05) is 0 Å². The van der Waals surface area contributed by atoms with Crippen LogP contribution in [0.4, 0.5) is 32.0 Å². The highest BCUT2D eigenvalue weighted by atomic mass is 19.4. The van der Waals surface area contributed by atoms with Gasteiger partial charge in [-0.25, -0.2) is 9.61 Å². The lowest BCUT2D eigenvalue weighted by molar-refractivity contribution is -0.141. The summed E-state index contributed by atoms with van der Waals surface area (Å²) in [5.41, 5.74) is 2.44. The van der Waals surface area contributed by atoms with Gasteiger partial charge < -0.3 is 5.73 Å². The van der Waals surface area contributed by atoms with Gasteiger partial charge >= 0.3 is 12.4 Å². The average Bonchev–Trinajstić information content (AvgIpc) is 2.97. The minimum absolute atomic E-state index is 0.144. The number of anilines is 1. The Hall–Kier alpha value is -2.85. The lowest BCUT2D eigenvalue weighted by atomic mass is 10.00. The molecule has 0 unspecified atom stereocenters. The summed E-state index contributed by atoms with van der Waals surface area (Å²) in [6.45, 7) is 0. The van der Waals surface area contributed by atoms with Crippen molar-refractivity contribution in [1.82, 2.24) is 15.3 Å². The van der Waals surface area contributed by atoms with Crippen LogP contribution < -0.4 is 5.73 Å². The molecule has 0 aliphatic carbocycles. The quantitative estimate of drug-likeness (QED) is 0.701. The standard InChI is InChI=1S/C14H8F6N4O/c15-13(16,17)7-3-1-6(2-4-7)5-8-9(21)10-12(24-25-23-10)22-11(8)14(18,19)20/h1-4H,5,21H2. The van der Waals surface area contributed by atoms with Crippen molar-refractivity contribution in [2.24, 2.45) is 0 Å². The van der Waals surface area contributed by atoms with E-state index in [0.717, 1.165) is 24.3 Å². The second-order valence-electron chi connectivity index (χ2n) is 5.16. The number of hydrogen-bond acceptors (Lipinski definition) is 5. The van der Waals surface area contributed by atoms with Crippen molar-refractivity contribution in [3.8, 4) is 0 Å². The van der Waals surface area contributed by atoms with E-state index in [1.54, 1.807) is 0 Å². The summed E-state index contributed by atoms with van der Waals surface area (Å²) in [7, 11) is 0. The van der Waals surface area contributed by atoms with Crippen LogP contribution in [0.3, 0.4) is 0 Å². The SMILES string of the molecule is Nc1c(Cc2ccc(C(F)(F)F)cc2)c(C(F)(F)F)nc2nonc12. The number of rotatable bonds is 2. The van der Waals surface area contributed by atoms with Gasteiger partial charge in [-0.1, -0.05) is 12.1 Å². The first-order chi connectivity index (χ1) is 11.6. The molecule has 0 atom stereocenters. The maximum absolute atomic E-state index is 13.2. The molecule has 25 heavy (non-hydrogen) atoms. The number of halogens is 6. The topological polar surface area (TPSA) is 77.8 Å². The Morgan fingerprint density at radius 2 is 1.56 bits per heavy atom. The van der Waals surface area contributed by atoms with Gasteiger partial charge in [-0.15, -0.1) is 0 Å². The average molecular weight is 362 g/mol. The van der Waals surface area contributed by atoms with Crippen molar-refractivity contribution < 1.29 is 31.0 Å². The number of fused-ring (bicyclic) bond motifs is 1. The number of alkyl halides is 6. The Kier molecular flexibility index (Phi) is 3.81. The summed E-state index contributed by atoms with van der Waals surface area (Å²) in [6.07, 6.45) is -9.75. The van der Waals surface area contributed by atoms with Crippen LogP contribution in [0.5, 0.6) is 0 Å². The summed E-state index contributed by atoms with van der Waals surface area (Å²) in [4.78, 5) is 3.37. The molecule has 2 aromatic heterocycles. The van der Waals surface area contributed by atoms with Crippen LogP contribution >= 0.6 is 0 Å². The normalized spacial score (nSPS) is 12.7. The molecule has 5 nitrogen and oxygen atoms in total. The number of nitrogen functional groups attached to an aromatic ring is 1. The molecule has 2 N–H and O–H groups in total. The lowest BCUT2D eigenvalue weighted by Crippen LogP contribution is -2.15. The largest absolute Gasteiger partial charge is 0.433 e. The van der Waals surface area contributed by atoms with E-state index in [1.165, 1.54) is 0 Å². The van der Waals surface area contributed by atoms with E-state index in [-0.39, 0.29) is 23.2 Å². The Morgan fingerprint density at radius 1 is 0.920 bits per heavy atom.